The van der Waals surface area contributed by atoms with Gasteiger partial charge in [0.15, 0.2) is 4.47 Å². The summed E-state index contributed by atoms with van der Waals surface area (Å²) in [7, 11) is 2.12. The summed E-state index contributed by atoms with van der Waals surface area (Å²) in [5, 5.41) is 0. The predicted octanol–water partition coefficient (Wildman–Crippen LogP) is 2.02. The van der Waals surface area contributed by atoms with Crippen LogP contribution in [0.3, 0.4) is 0 Å². The highest BCUT2D eigenvalue weighted by atomic mass is 35.5. The van der Waals surface area contributed by atoms with E-state index in [-0.39, 0.29) is 0 Å². The monoisotopic (exact) mass is 232 g/mol. The van der Waals surface area contributed by atoms with Gasteiger partial charge >= 0.3 is 0 Å². The summed E-state index contributed by atoms with van der Waals surface area (Å²) in [6, 6.07) is 0.552. The van der Waals surface area contributed by atoms with Crippen molar-refractivity contribution in [1.82, 2.24) is 9.88 Å². The minimum Gasteiger partial charge on any atom is -0.380 e. The molecule has 0 bridgehead atoms. The van der Waals surface area contributed by atoms with Crippen LogP contribution in [-0.4, -0.2) is 36.2 Å². The molecule has 0 amide bonds. The van der Waals surface area contributed by atoms with Gasteiger partial charge in [-0.2, -0.15) is 0 Å². The maximum Gasteiger partial charge on any atom is 0.183 e. The Bertz CT molecular complexity index is 299. The molecule has 3 nitrogen and oxygen atoms in total. The summed E-state index contributed by atoms with van der Waals surface area (Å²) in [4.78, 5) is 7.54. The number of likely N-dealkylation sites (N-methyl/N-ethyl adjacent to an activating group) is 1. The first-order chi connectivity index (χ1) is 6.75. The van der Waals surface area contributed by atoms with Gasteiger partial charge in [0.1, 0.15) is 0 Å². The molecule has 2 heterocycles. The molecule has 0 saturated carbocycles. The number of halogens is 1. The zero-order valence-electron chi connectivity index (χ0n) is 8.07. The van der Waals surface area contributed by atoms with Crippen LogP contribution in [0.5, 0.6) is 0 Å². The third-order valence-electron chi connectivity index (χ3n) is 2.46. The fourth-order valence-electron chi connectivity index (χ4n) is 1.60. The van der Waals surface area contributed by atoms with E-state index in [9.17, 15) is 0 Å². The van der Waals surface area contributed by atoms with E-state index in [1.54, 1.807) is 11.3 Å². The Balaban J connectivity index is 1.90. The molecule has 1 saturated heterocycles. The standard InChI is InChI=1S/C9H13ClN2OS/c1-12(7-2-3-13-6-7)5-8-4-11-9(10)14-8/h4,7H,2-3,5-6H2,1H3. The average Bonchev–Trinajstić information content (AvgIpc) is 2.75. The van der Waals surface area contributed by atoms with Gasteiger partial charge in [0.2, 0.25) is 0 Å². The molecular weight excluding hydrogens is 220 g/mol. The quantitative estimate of drug-likeness (QED) is 0.798. The third-order valence-corrected chi connectivity index (χ3v) is 3.56. The SMILES string of the molecule is CN(Cc1cnc(Cl)s1)C1CCOC1. The van der Waals surface area contributed by atoms with Gasteiger partial charge in [-0.1, -0.05) is 11.6 Å². The third kappa shape index (κ3) is 2.45. The fraction of sp³-hybridized carbons (Fsp3) is 0.667. The Kier molecular flexibility index (Phi) is 3.38. The number of nitrogens with zero attached hydrogens (tertiary/aromatic N) is 2. The highest BCUT2D eigenvalue weighted by molar-refractivity contribution is 7.15. The lowest BCUT2D eigenvalue weighted by Crippen LogP contribution is -2.31. The molecule has 0 spiro atoms. The number of hydrogen-bond acceptors (Lipinski definition) is 4. The minimum atomic E-state index is 0.552. The Morgan fingerprint density at radius 2 is 2.64 bits per heavy atom. The van der Waals surface area contributed by atoms with E-state index in [1.807, 2.05) is 6.20 Å². The molecule has 2 rings (SSSR count). The largest absolute Gasteiger partial charge is 0.380 e. The van der Waals surface area contributed by atoms with E-state index in [0.29, 0.717) is 10.5 Å². The topological polar surface area (TPSA) is 25.4 Å². The van der Waals surface area contributed by atoms with Crippen molar-refractivity contribution in [3.8, 4) is 0 Å². The highest BCUT2D eigenvalue weighted by Crippen LogP contribution is 2.21. The second kappa shape index (κ2) is 4.57. The Hall–Kier alpha value is -0.160. The van der Waals surface area contributed by atoms with Crippen molar-refractivity contribution >= 4 is 22.9 Å². The minimum absolute atomic E-state index is 0.552. The van der Waals surface area contributed by atoms with Crippen LogP contribution in [-0.2, 0) is 11.3 Å². The van der Waals surface area contributed by atoms with Gasteiger partial charge in [-0.15, -0.1) is 11.3 Å². The summed E-state index contributed by atoms with van der Waals surface area (Å²) >= 11 is 7.31. The molecular formula is C9H13ClN2OS. The summed E-state index contributed by atoms with van der Waals surface area (Å²) in [5.41, 5.74) is 0. The molecule has 5 heteroatoms. The number of rotatable bonds is 3. The fourth-order valence-corrected chi connectivity index (χ4v) is 2.64. The molecule has 1 aliphatic rings. The van der Waals surface area contributed by atoms with Crippen molar-refractivity contribution in [2.45, 2.75) is 19.0 Å². The van der Waals surface area contributed by atoms with Gasteiger partial charge < -0.3 is 4.74 Å². The molecule has 0 radical (unpaired) electrons. The molecule has 1 atom stereocenters. The number of aromatic nitrogens is 1. The first-order valence-corrected chi connectivity index (χ1v) is 5.83. The molecule has 0 aliphatic carbocycles. The zero-order valence-corrected chi connectivity index (χ0v) is 9.64. The summed E-state index contributed by atoms with van der Waals surface area (Å²) in [6.07, 6.45) is 2.97. The van der Waals surface area contributed by atoms with Crippen LogP contribution < -0.4 is 0 Å². The van der Waals surface area contributed by atoms with Crippen molar-refractivity contribution < 1.29 is 4.74 Å². The first kappa shape index (κ1) is 10.4. The van der Waals surface area contributed by atoms with E-state index in [1.165, 1.54) is 4.88 Å². The van der Waals surface area contributed by atoms with Crippen molar-refractivity contribution in [2.75, 3.05) is 20.3 Å². The zero-order chi connectivity index (χ0) is 9.97. The number of hydrogen-bond donors (Lipinski definition) is 0. The van der Waals surface area contributed by atoms with Crippen LogP contribution in [0.1, 0.15) is 11.3 Å². The predicted molar refractivity (Wildman–Crippen MR) is 57.8 cm³/mol. The van der Waals surface area contributed by atoms with Crippen LogP contribution in [0.25, 0.3) is 0 Å². The first-order valence-electron chi connectivity index (χ1n) is 4.64. The van der Waals surface area contributed by atoms with Crippen molar-refractivity contribution in [1.29, 1.82) is 0 Å². The van der Waals surface area contributed by atoms with Gasteiger partial charge in [0.25, 0.3) is 0 Å². The van der Waals surface area contributed by atoms with Gasteiger partial charge in [-0.3, -0.25) is 4.90 Å². The van der Waals surface area contributed by atoms with Crippen LogP contribution in [0, 0.1) is 0 Å². The molecule has 78 valence electrons. The molecule has 1 aromatic rings. The Morgan fingerprint density at radius 1 is 1.79 bits per heavy atom. The van der Waals surface area contributed by atoms with E-state index in [4.69, 9.17) is 16.3 Å². The van der Waals surface area contributed by atoms with Gasteiger partial charge in [-0.25, -0.2) is 4.98 Å². The molecule has 0 aromatic carbocycles. The van der Waals surface area contributed by atoms with Crippen LogP contribution in [0.15, 0.2) is 6.20 Å². The number of thiazole rings is 1. The Morgan fingerprint density at radius 3 is 3.21 bits per heavy atom. The van der Waals surface area contributed by atoms with Crippen molar-refractivity contribution in [3.63, 3.8) is 0 Å². The average molecular weight is 233 g/mol. The van der Waals surface area contributed by atoms with E-state index in [0.717, 1.165) is 26.2 Å². The molecule has 1 aromatic heterocycles. The normalized spacial score (nSPS) is 22.1. The second-order valence-corrected chi connectivity index (χ2v) is 5.21. The molecule has 1 unspecified atom stereocenters. The maximum absolute atomic E-state index is 5.77. The molecule has 1 fully saturated rings. The van der Waals surface area contributed by atoms with Crippen LogP contribution in [0.4, 0.5) is 0 Å². The van der Waals surface area contributed by atoms with E-state index < -0.39 is 0 Å². The maximum atomic E-state index is 5.77. The van der Waals surface area contributed by atoms with Crippen LogP contribution in [0.2, 0.25) is 4.47 Å². The van der Waals surface area contributed by atoms with Gasteiger partial charge in [0.05, 0.1) is 6.61 Å². The highest BCUT2D eigenvalue weighted by Gasteiger charge is 2.20. The molecule has 1 aliphatic heterocycles. The van der Waals surface area contributed by atoms with Gasteiger partial charge in [0, 0.05) is 30.3 Å². The molecule has 0 N–H and O–H groups in total. The van der Waals surface area contributed by atoms with Gasteiger partial charge in [-0.05, 0) is 13.5 Å². The van der Waals surface area contributed by atoms with Crippen molar-refractivity contribution in [2.24, 2.45) is 0 Å². The number of ether oxygens (including phenoxy) is 1. The smallest absolute Gasteiger partial charge is 0.183 e. The van der Waals surface area contributed by atoms with E-state index >= 15 is 0 Å². The lowest BCUT2D eigenvalue weighted by atomic mass is 10.2. The second-order valence-electron chi connectivity index (χ2n) is 3.51. The summed E-state index contributed by atoms with van der Waals surface area (Å²) in [5.74, 6) is 0. The van der Waals surface area contributed by atoms with Crippen LogP contribution >= 0.6 is 22.9 Å². The summed E-state index contributed by atoms with van der Waals surface area (Å²) < 4.78 is 5.96. The lowest BCUT2D eigenvalue weighted by Gasteiger charge is -2.21. The lowest BCUT2D eigenvalue weighted by molar-refractivity contribution is 0.157. The molecule has 14 heavy (non-hydrogen) atoms. The van der Waals surface area contributed by atoms with Crippen molar-refractivity contribution in [3.05, 3.63) is 15.5 Å². The Labute approximate surface area is 92.7 Å². The summed E-state index contributed by atoms with van der Waals surface area (Å²) in [6.45, 7) is 2.65. The van der Waals surface area contributed by atoms with E-state index in [2.05, 4.69) is 16.9 Å².